The number of aromatic nitrogens is 1. The van der Waals surface area contributed by atoms with Crippen molar-refractivity contribution in [3.05, 3.63) is 18.3 Å². The van der Waals surface area contributed by atoms with Gasteiger partial charge in [-0.1, -0.05) is 0 Å². The number of carbonyl (C=O) groups excluding carboxylic acids is 1. The van der Waals surface area contributed by atoms with Crippen LogP contribution in [0.4, 0.5) is 11.5 Å². The Morgan fingerprint density at radius 3 is 2.75 bits per heavy atom. The SMILES string of the molecule is O=C1CC(CS)CN1c1ccc(N2CCOCC2)cn1. The number of hydrogen-bond donors (Lipinski definition) is 1. The number of rotatable bonds is 3. The van der Waals surface area contributed by atoms with E-state index < -0.39 is 0 Å². The standard InChI is InChI=1S/C14H19N3O2S/c18-14-7-11(10-20)9-17(14)13-2-1-12(8-15-13)16-3-5-19-6-4-16/h1-2,8,11,20H,3-7,9-10H2. The van der Waals surface area contributed by atoms with Crippen molar-refractivity contribution in [2.24, 2.45) is 5.92 Å². The van der Waals surface area contributed by atoms with Crippen molar-refractivity contribution in [2.75, 3.05) is 48.4 Å². The summed E-state index contributed by atoms with van der Waals surface area (Å²) in [7, 11) is 0. The van der Waals surface area contributed by atoms with E-state index in [0.29, 0.717) is 12.3 Å². The molecule has 1 aromatic rings. The minimum atomic E-state index is 0.149. The highest BCUT2D eigenvalue weighted by Gasteiger charge is 2.30. The molecule has 108 valence electrons. The first kappa shape index (κ1) is 13.7. The number of pyridine rings is 1. The number of anilines is 2. The van der Waals surface area contributed by atoms with Crippen molar-refractivity contribution in [3.8, 4) is 0 Å². The van der Waals surface area contributed by atoms with Crippen molar-refractivity contribution < 1.29 is 9.53 Å². The zero-order chi connectivity index (χ0) is 13.9. The molecule has 0 spiro atoms. The van der Waals surface area contributed by atoms with Gasteiger partial charge in [-0.25, -0.2) is 4.98 Å². The van der Waals surface area contributed by atoms with Gasteiger partial charge < -0.3 is 9.64 Å². The Labute approximate surface area is 124 Å². The smallest absolute Gasteiger partial charge is 0.228 e. The molecule has 6 heteroatoms. The van der Waals surface area contributed by atoms with Crippen LogP contribution >= 0.6 is 12.6 Å². The third kappa shape index (κ3) is 2.76. The van der Waals surface area contributed by atoms with Gasteiger partial charge in [-0.2, -0.15) is 12.6 Å². The maximum atomic E-state index is 12.0. The Morgan fingerprint density at radius 2 is 2.15 bits per heavy atom. The van der Waals surface area contributed by atoms with Gasteiger partial charge in [0.25, 0.3) is 0 Å². The lowest BCUT2D eigenvalue weighted by molar-refractivity contribution is -0.117. The zero-order valence-corrected chi connectivity index (χ0v) is 12.3. The average Bonchev–Trinajstić information content (AvgIpc) is 2.89. The van der Waals surface area contributed by atoms with Crippen molar-refractivity contribution in [1.82, 2.24) is 4.98 Å². The normalized spacial score (nSPS) is 23.4. The minimum absolute atomic E-state index is 0.149. The molecule has 1 aromatic heterocycles. The van der Waals surface area contributed by atoms with Gasteiger partial charge in [0, 0.05) is 26.1 Å². The van der Waals surface area contributed by atoms with Gasteiger partial charge in [0.1, 0.15) is 5.82 Å². The molecule has 1 amide bonds. The maximum Gasteiger partial charge on any atom is 0.228 e. The number of thiol groups is 1. The van der Waals surface area contributed by atoms with E-state index in [0.717, 1.165) is 50.1 Å². The summed E-state index contributed by atoms with van der Waals surface area (Å²) in [5, 5.41) is 0. The lowest BCUT2D eigenvalue weighted by atomic mass is 10.1. The highest BCUT2D eigenvalue weighted by atomic mass is 32.1. The molecule has 0 radical (unpaired) electrons. The number of hydrogen-bond acceptors (Lipinski definition) is 5. The largest absolute Gasteiger partial charge is 0.378 e. The summed E-state index contributed by atoms with van der Waals surface area (Å²) in [6.07, 6.45) is 2.43. The van der Waals surface area contributed by atoms with Crippen LogP contribution < -0.4 is 9.80 Å². The second-order valence-electron chi connectivity index (χ2n) is 5.23. The molecule has 2 saturated heterocycles. The molecule has 2 fully saturated rings. The van der Waals surface area contributed by atoms with Crippen LogP contribution in [0.2, 0.25) is 0 Å². The fourth-order valence-electron chi connectivity index (χ4n) is 2.67. The molecule has 5 nitrogen and oxygen atoms in total. The number of amides is 1. The van der Waals surface area contributed by atoms with Gasteiger partial charge >= 0.3 is 0 Å². The summed E-state index contributed by atoms with van der Waals surface area (Å²) in [6, 6.07) is 3.97. The summed E-state index contributed by atoms with van der Waals surface area (Å²) in [5.41, 5.74) is 1.09. The fraction of sp³-hybridized carbons (Fsp3) is 0.571. The number of nitrogens with zero attached hydrogens (tertiary/aromatic N) is 3. The molecule has 3 rings (SSSR count). The van der Waals surface area contributed by atoms with Crippen LogP contribution in [0.5, 0.6) is 0 Å². The van der Waals surface area contributed by atoms with E-state index in [1.165, 1.54) is 0 Å². The number of carbonyl (C=O) groups is 1. The minimum Gasteiger partial charge on any atom is -0.378 e. The number of ether oxygens (including phenoxy) is 1. The quantitative estimate of drug-likeness (QED) is 0.851. The second kappa shape index (κ2) is 6.01. The van der Waals surface area contributed by atoms with Crippen LogP contribution in [-0.2, 0) is 9.53 Å². The summed E-state index contributed by atoms with van der Waals surface area (Å²) in [5.74, 6) is 1.98. The van der Waals surface area contributed by atoms with E-state index in [1.54, 1.807) is 4.90 Å². The van der Waals surface area contributed by atoms with E-state index in [-0.39, 0.29) is 5.91 Å². The lowest BCUT2D eigenvalue weighted by Gasteiger charge is -2.28. The van der Waals surface area contributed by atoms with Crippen LogP contribution in [0.15, 0.2) is 18.3 Å². The first-order valence-electron chi connectivity index (χ1n) is 6.98. The summed E-state index contributed by atoms with van der Waals surface area (Å²) < 4.78 is 5.34. The molecular formula is C14H19N3O2S. The van der Waals surface area contributed by atoms with E-state index in [1.807, 2.05) is 18.3 Å². The third-order valence-electron chi connectivity index (χ3n) is 3.85. The average molecular weight is 293 g/mol. The Hall–Kier alpha value is -1.27. The Balaban J connectivity index is 1.71. The predicted octanol–water partition coefficient (Wildman–Crippen LogP) is 1.20. The molecule has 0 aromatic carbocycles. The Morgan fingerprint density at radius 1 is 1.35 bits per heavy atom. The Kier molecular flexibility index (Phi) is 4.12. The molecular weight excluding hydrogens is 274 g/mol. The topological polar surface area (TPSA) is 45.7 Å². The molecule has 2 aliphatic heterocycles. The molecule has 0 saturated carbocycles. The van der Waals surface area contributed by atoms with Crippen LogP contribution in [-0.4, -0.2) is 49.5 Å². The first-order chi connectivity index (χ1) is 9.78. The predicted molar refractivity (Wildman–Crippen MR) is 81.6 cm³/mol. The lowest BCUT2D eigenvalue weighted by Crippen LogP contribution is -2.36. The van der Waals surface area contributed by atoms with Crippen molar-refractivity contribution >= 4 is 30.0 Å². The van der Waals surface area contributed by atoms with Crippen LogP contribution in [0, 0.1) is 5.92 Å². The third-order valence-corrected chi connectivity index (χ3v) is 4.36. The van der Waals surface area contributed by atoms with Crippen molar-refractivity contribution in [3.63, 3.8) is 0 Å². The molecule has 20 heavy (non-hydrogen) atoms. The van der Waals surface area contributed by atoms with Gasteiger partial charge in [-0.05, 0) is 23.8 Å². The molecule has 1 unspecified atom stereocenters. The highest BCUT2D eigenvalue weighted by molar-refractivity contribution is 7.80. The van der Waals surface area contributed by atoms with Gasteiger partial charge in [-0.15, -0.1) is 0 Å². The molecule has 0 N–H and O–H groups in total. The maximum absolute atomic E-state index is 12.0. The molecule has 1 atom stereocenters. The zero-order valence-electron chi connectivity index (χ0n) is 11.4. The van der Waals surface area contributed by atoms with E-state index >= 15 is 0 Å². The molecule has 3 heterocycles. The van der Waals surface area contributed by atoms with E-state index in [9.17, 15) is 4.79 Å². The molecule has 2 aliphatic rings. The van der Waals surface area contributed by atoms with Crippen molar-refractivity contribution in [2.45, 2.75) is 6.42 Å². The second-order valence-corrected chi connectivity index (χ2v) is 5.60. The fourth-order valence-corrected chi connectivity index (χ4v) is 2.92. The highest BCUT2D eigenvalue weighted by Crippen LogP contribution is 2.25. The number of morpholine rings is 1. The summed E-state index contributed by atoms with van der Waals surface area (Å²) >= 11 is 4.28. The van der Waals surface area contributed by atoms with Crippen LogP contribution in [0.25, 0.3) is 0 Å². The first-order valence-corrected chi connectivity index (χ1v) is 7.61. The van der Waals surface area contributed by atoms with Gasteiger partial charge in [0.05, 0.1) is 25.1 Å². The van der Waals surface area contributed by atoms with E-state index in [2.05, 4.69) is 22.5 Å². The van der Waals surface area contributed by atoms with E-state index in [4.69, 9.17) is 4.74 Å². The van der Waals surface area contributed by atoms with Crippen LogP contribution in [0.3, 0.4) is 0 Å². The summed E-state index contributed by atoms with van der Waals surface area (Å²) in [4.78, 5) is 20.4. The van der Waals surface area contributed by atoms with Crippen LogP contribution in [0.1, 0.15) is 6.42 Å². The van der Waals surface area contributed by atoms with Gasteiger partial charge in [-0.3, -0.25) is 9.69 Å². The van der Waals surface area contributed by atoms with Gasteiger partial charge in [0.2, 0.25) is 5.91 Å². The Bertz CT molecular complexity index is 474. The molecule has 0 bridgehead atoms. The van der Waals surface area contributed by atoms with Gasteiger partial charge in [0.15, 0.2) is 0 Å². The van der Waals surface area contributed by atoms with Crippen molar-refractivity contribution in [1.29, 1.82) is 0 Å². The monoisotopic (exact) mass is 293 g/mol. The summed E-state index contributed by atoms with van der Waals surface area (Å²) in [6.45, 7) is 4.04. The molecule has 0 aliphatic carbocycles.